The average Bonchev–Trinajstić information content (AvgIpc) is 3.02. The third kappa shape index (κ3) is 2.45. The SMILES string of the molecule is O[C@@H]1CCCOC12CCN(Cc1cccc3[nH]ccc13)CC2. The van der Waals surface area contributed by atoms with Crippen LogP contribution in [0.2, 0.25) is 0 Å². The van der Waals surface area contributed by atoms with Crippen molar-refractivity contribution in [2.75, 3.05) is 19.7 Å². The molecule has 0 amide bonds. The molecule has 1 aromatic carbocycles. The lowest BCUT2D eigenvalue weighted by Crippen LogP contribution is -2.55. The van der Waals surface area contributed by atoms with Crippen molar-refractivity contribution in [1.82, 2.24) is 9.88 Å². The van der Waals surface area contributed by atoms with Gasteiger partial charge in [-0.05, 0) is 43.4 Å². The van der Waals surface area contributed by atoms with Crippen molar-refractivity contribution in [2.24, 2.45) is 0 Å². The lowest BCUT2D eigenvalue weighted by atomic mass is 9.82. The largest absolute Gasteiger partial charge is 0.390 e. The van der Waals surface area contributed by atoms with E-state index in [0.717, 1.165) is 51.9 Å². The predicted octanol–water partition coefficient (Wildman–Crippen LogP) is 2.67. The Morgan fingerprint density at radius 3 is 2.95 bits per heavy atom. The van der Waals surface area contributed by atoms with Crippen LogP contribution in [0.5, 0.6) is 0 Å². The number of likely N-dealkylation sites (tertiary alicyclic amines) is 1. The van der Waals surface area contributed by atoms with E-state index in [9.17, 15) is 5.11 Å². The molecule has 2 saturated heterocycles. The van der Waals surface area contributed by atoms with Crippen molar-refractivity contribution in [1.29, 1.82) is 0 Å². The number of piperidine rings is 1. The summed E-state index contributed by atoms with van der Waals surface area (Å²) in [5, 5.41) is 11.6. The van der Waals surface area contributed by atoms with Crippen LogP contribution in [-0.2, 0) is 11.3 Å². The topological polar surface area (TPSA) is 48.5 Å². The highest BCUT2D eigenvalue weighted by Crippen LogP contribution is 2.35. The Bertz CT molecular complexity index is 643. The van der Waals surface area contributed by atoms with E-state index in [1.807, 2.05) is 6.20 Å². The fraction of sp³-hybridized carbons (Fsp3) is 0.556. The standard InChI is InChI=1S/C18H24N2O2/c21-17-5-2-12-22-18(17)7-10-20(11-8-18)13-14-3-1-4-16-15(14)6-9-19-16/h1,3-4,6,9,17,19,21H,2,5,7-8,10-13H2/t17-/m1/s1. The van der Waals surface area contributed by atoms with Crippen LogP contribution in [0, 0.1) is 0 Å². The zero-order valence-corrected chi connectivity index (χ0v) is 12.9. The number of nitrogens with one attached hydrogen (secondary N) is 1. The molecule has 0 radical (unpaired) electrons. The Hall–Kier alpha value is -1.36. The first kappa shape index (κ1) is 14.2. The highest BCUT2D eigenvalue weighted by molar-refractivity contribution is 5.82. The third-order valence-corrected chi connectivity index (χ3v) is 5.40. The molecule has 4 nitrogen and oxygen atoms in total. The van der Waals surface area contributed by atoms with Gasteiger partial charge in [0.15, 0.2) is 0 Å². The number of aromatic nitrogens is 1. The predicted molar refractivity (Wildman–Crippen MR) is 86.7 cm³/mol. The average molecular weight is 300 g/mol. The molecular weight excluding hydrogens is 276 g/mol. The monoisotopic (exact) mass is 300 g/mol. The van der Waals surface area contributed by atoms with Crippen LogP contribution in [0.1, 0.15) is 31.2 Å². The van der Waals surface area contributed by atoms with Gasteiger partial charge in [-0.25, -0.2) is 0 Å². The maximum atomic E-state index is 10.3. The van der Waals surface area contributed by atoms with Gasteiger partial charge in [0.25, 0.3) is 0 Å². The molecule has 0 aliphatic carbocycles. The summed E-state index contributed by atoms with van der Waals surface area (Å²) in [4.78, 5) is 5.76. The van der Waals surface area contributed by atoms with E-state index in [1.54, 1.807) is 0 Å². The fourth-order valence-electron chi connectivity index (χ4n) is 4.01. The van der Waals surface area contributed by atoms with E-state index in [2.05, 4.69) is 34.1 Å². The Morgan fingerprint density at radius 2 is 2.14 bits per heavy atom. The van der Waals surface area contributed by atoms with Crippen molar-refractivity contribution >= 4 is 10.9 Å². The van der Waals surface area contributed by atoms with E-state index in [4.69, 9.17) is 4.74 Å². The highest BCUT2D eigenvalue weighted by atomic mass is 16.5. The first-order chi connectivity index (χ1) is 10.8. The van der Waals surface area contributed by atoms with E-state index in [0.29, 0.717) is 0 Å². The Labute approximate surface area is 131 Å². The molecule has 4 rings (SSSR count). The van der Waals surface area contributed by atoms with E-state index in [1.165, 1.54) is 16.5 Å². The molecule has 1 atom stereocenters. The van der Waals surface area contributed by atoms with Crippen molar-refractivity contribution < 1.29 is 9.84 Å². The highest BCUT2D eigenvalue weighted by Gasteiger charge is 2.43. The smallest absolute Gasteiger partial charge is 0.0964 e. The number of nitrogens with zero attached hydrogens (tertiary/aromatic N) is 1. The molecule has 0 bridgehead atoms. The van der Waals surface area contributed by atoms with Crippen LogP contribution in [0.4, 0.5) is 0 Å². The normalized spacial score (nSPS) is 25.8. The summed E-state index contributed by atoms with van der Waals surface area (Å²) in [6, 6.07) is 8.61. The molecule has 3 heterocycles. The molecule has 2 aliphatic rings. The van der Waals surface area contributed by atoms with Crippen LogP contribution < -0.4 is 0 Å². The third-order valence-electron chi connectivity index (χ3n) is 5.40. The quantitative estimate of drug-likeness (QED) is 0.896. The van der Waals surface area contributed by atoms with Gasteiger partial charge in [0.05, 0.1) is 11.7 Å². The summed E-state index contributed by atoms with van der Waals surface area (Å²) in [6.45, 7) is 3.77. The molecule has 1 aromatic heterocycles. The number of aliphatic hydroxyl groups excluding tert-OH is 1. The first-order valence-electron chi connectivity index (χ1n) is 8.36. The molecule has 22 heavy (non-hydrogen) atoms. The van der Waals surface area contributed by atoms with Crippen LogP contribution in [0.25, 0.3) is 10.9 Å². The van der Waals surface area contributed by atoms with Gasteiger partial charge in [-0.3, -0.25) is 4.90 Å². The van der Waals surface area contributed by atoms with Gasteiger partial charge in [-0.15, -0.1) is 0 Å². The molecule has 2 aliphatic heterocycles. The fourth-order valence-corrected chi connectivity index (χ4v) is 4.01. The summed E-state index contributed by atoms with van der Waals surface area (Å²) in [6.07, 6.45) is 5.49. The minimum absolute atomic E-state index is 0.269. The molecule has 0 saturated carbocycles. The first-order valence-corrected chi connectivity index (χ1v) is 8.36. The molecule has 1 spiro atoms. The Morgan fingerprint density at radius 1 is 1.27 bits per heavy atom. The second kappa shape index (κ2) is 5.69. The second-order valence-corrected chi connectivity index (χ2v) is 6.70. The van der Waals surface area contributed by atoms with E-state index < -0.39 is 0 Å². The van der Waals surface area contributed by atoms with Crippen LogP contribution in [-0.4, -0.2) is 46.4 Å². The molecule has 2 N–H and O–H groups in total. The van der Waals surface area contributed by atoms with E-state index >= 15 is 0 Å². The van der Waals surface area contributed by atoms with Gasteiger partial charge in [0, 0.05) is 43.3 Å². The lowest BCUT2D eigenvalue weighted by Gasteiger charge is -2.46. The number of hydrogen-bond acceptors (Lipinski definition) is 3. The number of rotatable bonds is 2. The zero-order chi connectivity index (χ0) is 15.0. The number of aliphatic hydroxyl groups is 1. The summed E-state index contributed by atoms with van der Waals surface area (Å²) < 4.78 is 5.99. The van der Waals surface area contributed by atoms with Crippen molar-refractivity contribution in [3.8, 4) is 0 Å². The minimum Gasteiger partial charge on any atom is -0.390 e. The lowest BCUT2D eigenvalue weighted by molar-refractivity contribution is -0.177. The van der Waals surface area contributed by atoms with Crippen LogP contribution in [0.3, 0.4) is 0 Å². The number of aromatic amines is 1. The van der Waals surface area contributed by atoms with Crippen LogP contribution in [0.15, 0.2) is 30.5 Å². The zero-order valence-electron chi connectivity index (χ0n) is 12.9. The number of benzene rings is 1. The van der Waals surface area contributed by atoms with Gasteiger partial charge >= 0.3 is 0 Å². The van der Waals surface area contributed by atoms with Crippen LogP contribution >= 0.6 is 0 Å². The minimum atomic E-state index is -0.281. The molecule has 0 unspecified atom stereocenters. The van der Waals surface area contributed by atoms with Crippen molar-refractivity contribution in [3.05, 3.63) is 36.0 Å². The number of hydrogen-bond donors (Lipinski definition) is 2. The van der Waals surface area contributed by atoms with E-state index in [-0.39, 0.29) is 11.7 Å². The Balaban J connectivity index is 1.45. The van der Waals surface area contributed by atoms with Gasteiger partial charge < -0.3 is 14.8 Å². The molecule has 2 aromatic rings. The van der Waals surface area contributed by atoms with Gasteiger partial charge in [-0.1, -0.05) is 12.1 Å². The van der Waals surface area contributed by atoms with Gasteiger partial charge in [0.1, 0.15) is 0 Å². The molecule has 4 heteroatoms. The maximum absolute atomic E-state index is 10.3. The summed E-state index contributed by atoms with van der Waals surface area (Å²) in [5.74, 6) is 0. The van der Waals surface area contributed by atoms with Crippen molar-refractivity contribution in [2.45, 2.75) is 43.9 Å². The van der Waals surface area contributed by atoms with Gasteiger partial charge in [-0.2, -0.15) is 0 Å². The summed E-state index contributed by atoms with van der Waals surface area (Å²) >= 11 is 0. The summed E-state index contributed by atoms with van der Waals surface area (Å²) in [7, 11) is 0. The molecule has 2 fully saturated rings. The maximum Gasteiger partial charge on any atom is 0.0964 e. The summed E-state index contributed by atoms with van der Waals surface area (Å²) in [5.41, 5.74) is 2.31. The number of H-pyrrole nitrogens is 1. The Kier molecular flexibility index (Phi) is 3.68. The number of fused-ring (bicyclic) bond motifs is 1. The second-order valence-electron chi connectivity index (χ2n) is 6.70. The van der Waals surface area contributed by atoms with Gasteiger partial charge in [0.2, 0.25) is 0 Å². The molecular formula is C18H24N2O2. The van der Waals surface area contributed by atoms with Crippen molar-refractivity contribution in [3.63, 3.8) is 0 Å². The molecule has 118 valence electrons. The number of ether oxygens (including phenoxy) is 1.